The van der Waals surface area contributed by atoms with Crippen molar-refractivity contribution < 1.29 is 4.79 Å². The molecule has 0 radical (unpaired) electrons. The van der Waals surface area contributed by atoms with E-state index < -0.39 is 6.04 Å². The average molecular weight is 398 g/mol. The largest absolute Gasteiger partial charge is 0.368 e. The fourth-order valence-corrected chi connectivity index (χ4v) is 3.85. The summed E-state index contributed by atoms with van der Waals surface area (Å²) in [5, 5.41) is 6.11. The third-order valence-electron chi connectivity index (χ3n) is 5.37. The molecule has 0 spiro atoms. The van der Waals surface area contributed by atoms with Gasteiger partial charge in [-0.05, 0) is 42.3 Å². The van der Waals surface area contributed by atoms with Gasteiger partial charge >= 0.3 is 0 Å². The number of amides is 1. The second kappa shape index (κ2) is 7.81. The monoisotopic (exact) mass is 397 g/mol. The minimum Gasteiger partial charge on any atom is -0.368 e. The summed E-state index contributed by atoms with van der Waals surface area (Å²) in [6.45, 7) is 2.95. The zero-order valence-electron chi connectivity index (χ0n) is 15.9. The number of carbonyl (C=O) groups is 1. The number of rotatable bonds is 4. The number of hydrogen-bond donors (Lipinski definition) is 1. The molecular weight excluding hydrogens is 374 g/mol. The second-order valence-corrected chi connectivity index (χ2v) is 7.70. The van der Waals surface area contributed by atoms with Gasteiger partial charge in [-0.25, -0.2) is 0 Å². The Bertz CT molecular complexity index is 976. The van der Waals surface area contributed by atoms with E-state index in [9.17, 15) is 4.79 Å². The maximum atomic E-state index is 12.7. The summed E-state index contributed by atoms with van der Waals surface area (Å²) in [6.07, 6.45) is 2.41. The van der Waals surface area contributed by atoms with Crippen LogP contribution in [0.2, 0.25) is 5.02 Å². The van der Waals surface area contributed by atoms with Gasteiger partial charge in [0.25, 0.3) is 0 Å². The fraction of sp³-hybridized carbons (Fsp3) is 0.333. The lowest BCUT2D eigenvalue weighted by Crippen LogP contribution is -2.53. The molecule has 1 atom stereocenters. The van der Waals surface area contributed by atoms with E-state index in [4.69, 9.17) is 17.3 Å². The Morgan fingerprint density at radius 3 is 2.57 bits per heavy atom. The van der Waals surface area contributed by atoms with E-state index >= 15 is 0 Å². The van der Waals surface area contributed by atoms with E-state index in [1.165, 1.54) is 0 Å². The summed E-state index contributed by atoms with van der Waals surface area (Å²) < 4.78 is 1.87. The van der Waals surface area contributed by atoms with Crippen LogP contribution in [0.5, 0.6) is 0 Å². The van der Waals surface area contributed by atoms with Gasteiger partial charge in [0.2, 0.25) is 5.91 Å². The van der Waals surface area contributed by atoms with Crippen LogP contribution < -0.4 is 10.6 Å². The molecule has 2 N–H and O–H groups in total. The van der Waals surface area contributed by atoms with Crippen LogP contribution in [0.4, 0.5) is 5.69 Å². The van der Waals surface area contributed by atoms with Crippen LogP contribution in [0.1, 0.15) is 5.56 Å². The van der Waals surface area contributed by atoms with Crippen LogP contribution in [0.25, 0.3) is 10.9 Å². The number of piperazine rings is 1. The number of halogens is 1. The molecule has 4 rings (SSSR count). The summed E-state index contributed by atoms with van der Waals surface area (Å²) in [5.74, 6) is 0.0114. The fourth-order valence-electron chi connectivity index (χ4n) is 3.73. The van der Waals surface area contributed by atoms with Gasteiger partial charge in [0.05, 0.1) is 17.8 Å². The number of nitrogens with zero attached hydrogens (tertiary/aromatic N) is 4. The normalized spacial score (nSPS) is 15.8. The zero-order valence-corrected chi connectivity index (χ0v) is 16.6. The van der Waals surface area contributed by atoms with Crippen molar-refractivity contribution in [3.63, 3.8) is 0 Å². The van der Waals surface area contributed by atoms with Gasteiger partial charge in [0.1, 0.15) is 0 Å². The molecule has 3 aromatic rings. The molecule has 1 aliphatic heterocycles. The Balaban J connectivity index is 1.35. The summed E-state index contributed by atoms with van der Waals surface area (Å²) in [4.78, 5) is 16.9. The lowest BCUT2D eigenvalue weighted by Gasteiger charge is -2.37. The molecule has 7 heteroatoms. The predicted molar refractivity (Wildman–Crippen MR) is 113 cm³/mol. The third-order valence-corrected chi connectivity index (χ3v) is 5.62. The highest BCUT2D eigenvalue weighted by molar-refractivity contribution is 6.30. The highest BCUT2D eigenvalue weighted by atomic mass is 35.5. The number of fused-ring (bicyclic) bond motifs is 1. The number of benzene rings is 2. The highest BCUT2D eigenvalue weighted by Gasteiger charge is 2.25. The second-order valence-electron chi connectivity index (χ2n) is 7.26. The molecule has 1 saturated heterocycles. The number of aromatic nitrogens is 2. The molecule has 1 fully saturated rings. The van der Waals surface area contributed by atoms with Crippen molar-refractivity contribution in [2.75, 3.05) is 31.1 Å². The molecule has 0 unspecified atom stereocenters. The first-order valence-corrected chi connectivity index (χ1v) is 9.84. The van der Waals surface area contributed by atoms with Crippen molar-refractivity contribution in [2.24, 2.45) is 12.8 Å². The van der Waals surface area contributed by atoms with Gasteiger partial charge in [-0.2, -0.15) is 5.10 Å². The van der Waals surface area contributed by atoms with Crippen molar-refractivity contribution in [2.45, 2.75) is 12.5 Å². The molecular formula is C21H24ClN5O. The molecule has 146 valence electrons. The number of carbonyl (C=O) groups excluding carboxylic acids is 1. The van der Waals surface area contributed by atoms with Gasteiger partial charge in [-0.3, -0.25) is 9.48 Å². The molecule has 0 aliphatic carbocycles. The quantitative estimate of drug-likeness (QED) is 0.734. The Hall–Kier alpha value is -2.57. The summed E-state index contributed by atoms with van der Waals surface area (Å²) >= 11 is 5.91. The zero-order chi connectivity index (χ0) is 19.7. The Kier molecular flexibility index (Phi) is 5.24. The van der Waals surface area contributed by atoms with Crippen LogP contribution in [0.3, 0.4) is 0 Å². The van der Waals surface area contributed by atoms with Crippen LogP contribution in [0.15, 0.2) is 48.7 Å². The van der Waals surface area contributed by atoms with Gasteiger partial charge in [-0.15, -0.1) is 0 Å². The molecule has 6 nitrogen and oxygen atoms in total. The minimum atomic E-state index is -0.528. The van der Waals surface area contributed by atoms with Gasteiger partial charge < -0.3 is 15.5 Å². The standard InChI is InChI=1S/C21H24ClN5O/c1-25-20-7-6-18(13-16(20)14-24-25)26-8-10-27(11-9-26)21(28)19(23)12-15-2-4-17(22)5-3-15/h2-7,13-14,19H,8-12,23H2,1H3/t19-/m1/s1. The van der Waals surface area contributed by atoms with Crippen LogP contribution in [0, 0.1) is 0 Å². The topological polar surface area (TPSA) is 67.4 Å². The Morgan fingerprint density at radius 1 is 1.14 bits per heavy atom. The molecule has 2 aromatic carbocycles. The maximum absolute atomic E-state index is 12.7. The van der Waals surface area contributed by atoms with Gasteiger partial charge in [0, 0.05) is 49.3 Å². The predicted octanol–water partition coefficient (Wildman–Crippen LogP) is 2.45. The minimum absolute atomic E-state index is 0.0114. The molecule has 28 heavy (non-hydrogen) atoms. The molecule has 0 bridgehead atoms. The van der Waals surface area contributed by atoms with E-state index in [-0.39, 0.29) is 5.91 Å². The Morgan fingerprint density at radius 2 is 1.86 bits per heavy atom. The first-order valence-electron chi connectivity index (χ1n) is 9.47. The summed E-state index contributed by atoms with van der Waals surface area (Å²) in [7, 11) is 1.94. The number of anilines is 1. The first kappa shape index (κ1) is 18.8. The molecule has 1 aliphatic rings. The Labute approximate surface area is 169 Å². The SMILES string of the molecule is Cn1ncc2cc(N3CCN(C(=O)[C@H](N)Cc4ccc(Cl)cc4)CC3)ccc21. The summed E-state index contributed by atoms with van der Waals surface area (Å²) in [5.41, 5.74) is 9.48. The van der Waals surface area contributed by atoms with Crippen LogP contribution in [-0.2, 0) is 18.3 Å². The first-order chi connectivity index (χ1) is 13.5. The smallest absolute Gasteiger partial charge is 0.239 e. The average Bonchev–Trinajstić information content (AvgIpc) is 3.09. The lowest BCUT2D eigenvalue weighted by atomic mass is 10.1. The van der Waals surface area contributed by atoms with Crippen molar-refractivity contribution in [1.29, 1.82) is 0 Å². The van der Waals surface area contributed by atoms with Crippen molar-refractivity contribution >= 4 is 34.1 Å². The van der Waals surface area contributed by atoms with Gasteiger partial charge in [-0.1, -0.05) is 23.7 Å². The van der Waals surface area contributed by atoms with E-state index in [0.717, 1.165) is 35.2 Å². The van der Waals surface area contributed by atoms with Crippen LogP contribution in [-0.4, -0.2) is 52.8 Å². The number of aryl methyl sites for hydroxylation is 1. The number of hydrogen-bond acceptors (Lipinski definition) is 4. The van der Waals surface area contributed by atoms with E-state index in [0.29, 0.717) is 24.5 Å². The lowest BCUT2D eigenvalue weighted by molar-refractivity contribution is -0.132. The molecule has 0 saturated carbocycles. The van der Waals surface area contributed by atoms with Crippen molar-refractivity contribution in [1.82, 2.24) is 14.7 Å². The van der Waals surface area contributed by atoms with Gasteiger partial charge in [0.15, 0.2) is 0 Å². The van der Waals surface area contributed by atoms with Crippen molar-refractivity contribution in [3.05, 3.63) is 59.2 Å². The van der Waals surface area contributed by atoms with E-state index in [1.807, 2.05) is 47.1 Å². The van der Waals surface area contributed by atoms with Crippen LogP contribution >= 0.6 is 11.6 Å². The third kappa shape index (κ3) is 3.84. The highest BCUT2D eigenvalue weighted by Crippen LogP contribution is 2.23. The molecule has 2 heterocycles. The number of nitrogens with two attached hydrogens (primary N) is 1. The molecule has 1 amide bonds. The van der Waals surface area contributed by atoms with Crippen molar-refractivity contribution in [3.8, 4) is 0 Å². The maximum Gasteiger partial charge on any atom is 0.239 e. The molecule has 1 aromatic heterocycles. The summed E-state index contributed by atoms with van der Waals surface area (Å²) in [6, 6.07) is 13.3. The van der Waals surface area contributed by atoms with E-state index in [2.05, 4.69) is 28.2 Å². The van der Waals surface area contributed by atoms with E-state index in [1.54, 1.807) is 0 Å².